The van der Waals surface area contributed by atoms with Crippen LogP contribution in [-0.4, -0.2) is 12.3 Å². The highest BCUT2D eigenvalue weighted by molar-refractivity contribution is 8.02. The molecule has 0 fully saturated rings. The van der Waals surface area contributed by atoms with Crippen molar-refractivity contribution in [3.05, 3.63) is 58.7 Å². The van der Waals surface area contributed by atoms with E-state index in [1.54, 1.807) is 0 Å². The lowest BCUT2D eigenvalue weighted by molar-refractivity contribution is 0.864. The summed E-state index contributed by atoms with van der Waals surface area (Å²) in [6.07, 6.45) is 5.30. The van der Waals surface area contributed by atoms with Gasteiger partial charge in [-0.05, 0) is 43.7 Å². The second-order valence-corrected chi connectivity index (χ2v) is 5.75. The van der Waals surface area contributed by atoms with Crippen LogP contribution >= 0.6 is 11.8 Å². The number of hydrogen-bond donors (Lipinski definition) is 1. The van der Waals surface area contributed by atoms with E-state index in [9.17, 15) is 0 Å². The summed E-state index contributed by atoms with van der Waals surface area (Å²) in [6.45, 7) is 15.3. The van der Waals surface area contributed by atoms with Crippen LogP contribution < -0.4 is 5.32 Å². The highest BCUT2D eigenvalue weighted by atomic mass is 32.2. The Balaban J connectivity index is 2.42. The molecule has 0 aliphatic carbocycles. The molecule has 1 aliphatic rings. The molecule has 1 nitrogen and oxygen atoms in total. The van der Waals surface area contributed by atoms with Crippen LogP contribution in [0, 0.1) is 0 Å². The van der Waals surface area contributed by atoms with Crippen LogP contribution in [0.3, 0.4) is 0 Å². The molecule has 0 spiro atoms. The molecule has 0 atom stereocenters. The molecule has 98 valence electrons. The van der Waals surface area contributed by atoms with Crippen LogP contribution in [0.5, 0.6) is 0 Å². The average molecular weight is 261 g/mol. The monoisotopic (exact) mass is 261 g/mol. The molecular formula is C16H23NS. The van der Waals surface area contributed by atoms with Crippen molar-refractivity contribution in [2.24, 2.45) is 0 Å². The molecule has 0 aromatic heterocycles. The first kappa shape index (κ1) is 14.9. The van der Waals surface area contributed by atoms with Crippen molar-refractivity contribution < 1.29 is 0 Å². The van der Waals surface area contributed by atoms with Gasteiger partial charge in [-0.25, -0.2) is 0 Å². The van der Waals surface area contributed by atoms with Gasteiger partial charge >= 0.3 is 0 Å². The van der Waals surface area contributed by atoms with E-state index in [0.717, 1.165) is 17.8 Å². The molecule has 0 amide bonds. The third kappa shape index (κ3) is 5.01. The average Bonchev–Trinajstić information content (AvgIpc) is 2.85. The molecule has 0 unspecified atom stereocenters. The van der Waals surface area contributed by atoms with E-state index in [1.807, 2.05) is 17.8 Å². The Morgan fingerprint density at radius 1 is 1.33 bits per heavy atom. The summed E-state index contributed by atoms with van der Waals surface area (Å²) in [6, 6.07) is 0. The number of rotatable bonds is 6. The van der Waals surface area contributed by atoms with Gasteiger partial charge in [0.15, 0.2) is 0 Å². The van der Waals surface area contributed by atoms with Gasteiger partial charge < -0.3 is 5.32 Å². The zero-order valence-corrected chi connectivity index (χ0v) is 12.5. The summed E-state index contributed by atoms with van der Waals surface area (Å²) in [4.78, 5) is 0. The Labute approximate surface area is 115 Å². The normalized spacial score (nSPS) is 14.5. The summed E-state index contributed by atoms with van der Waals surface area (Å²) in [5.74, 6) is 1.21. The molecule has 1 heterocycles. The number of nitrogens with one attached hydrogen (secondary N) is 1. The molecule has 1 aliphatic heterocycles. The topological polar surface area (TPSA) is 12.0 Å². The smallest absolute Gasteiger partial charge is 0.0368 e. The molecule has 0 aromatic rings. The van der Waals surface area contributed by atoms with E-state index in [0.29, 0.717) is 0 Å². The Morgan fingerprint density at radius 2 is 2.06 bits per heavy atom. The van der Waals surface area contributed by atoms with Gasteiger partial charge in [-0.3, -0.25) is 0 Å². The highest BCUT2D eigenvalue weighted by Gasteiger charge is 2.05. The second kappa shape index (κ2) is 7.32. The van der Waals surface area contributed by atoms with Crippen molar-refractivity contribution in [3.63, 3.8) is 0 Å². The largest absolute Gasteiger partial charge is 0.381 e. The molecule has 0 saturated carbocycles. The maximum Gasteiger partial charge on any atom is 0.0368 e. The molecule has 0 bridgehead atoms. The molecular weight excluding hydrogens is 238 g/mol. The van der Waals surface area contributed by atoms with Crippen LogP contribution in [0.25, 0.3) is 0 Å². The third-order valence-corrected chi connectivity index (χ3v) is 3.97. The van der Waals surface area contributed by atoms with Gasteiger partial charge in [0.05, 0.1) is 0 Å². The molecule has 1 rings (SSSR count). The van der Waals surface area contributed by atoms with E-state index in [-0.39, 0.29) is 0 Å². The fraction of sp³-hybridized carbons (Fsp3) is 0.375. The molecule has 0 saturated heterocycles. The highest BCUT2D eigenvalue weighted by Crippen LogP contribution is 2.21. The first-order chi connectivity index (χ1) is 8.50. The zero-order chi connectivity index (χ0) is 13.5. The SMILES string of the molecule is C=C(/C=C\C(C)=C(C)C)C(=C)NCC1=CSCC1. The quantitative estimate of drug-likeness (QED) is 0.702. The van der Waals surface area contributed by atoms with Gasteiger partial charge in [-0.15, -0.1) is 11.8 Å². The number of thioether (sulfide) groups is 1. The minimum atomic E-state index is 0.889. The summed E-state index contributed by atoms with van der Waals surface area (Å²) in [7, 11) is 0. The van der Waals surface area contributed by atoms with Crippen molar-refractivity contribution in [3.8, 4) is 0 Å². The molecule has 0 radical (unpaired) electrons. The van der Waals surface area contributed by atoms with Crippen LogP contribution in [-0.2, 0) is 0 Å². The van der Waals surface area contributed by atoms with Crippen molar-refractivity contribution >= 4 is 11.8 Å². The van der Waals surface area contributed by atoms with Crippen LogP contribution in [0.4, 0.5) is 0 Å². The van der Waals surface area contributed by atoms with Crippen LogP contribution in [0.1, 0.15) is 27.2 Å². The lowest BCUT2D eigenvalue weighted by Crippen LogP contribution is -2.16. The van der Waals surface area contributed by atoms with Crippen molar-refractivity contribution in [2.45, 2.75) is 27.2 Å². The summed E-state index contributed by atoms with van der Waals surface area (Å²) in [5.41, 5.74) is 5.91. The lowest BCUT2D eigenvalue weighted by Gasteiger charge is -2.10. The van der Waals surface area contributed by atoms with Crippen LogP contribution in [0.15, 0.2) is 58.7 Å². The first-order valence-electron chi connectivity index (χ1n) is 6.24. The van der Waals surface area contributed by atoms with Crippen molar-refractivity contribution in [1.29, 1.82) is 0 Å². The molecule has 0 aromatic carbocycles. The fourth-order valence-corrected chi connectivity index (χ4v) is 2.32. The maximum atomic E-state index is 4.04. The Morgan fingerprint density at radius 3 is 2.61 bits per heavy atom. The second-order valence-electron chi connectivity index (χ2n) is 4.77. The summed E-state index contributed by atoms with van der Waals surface area (Å²) >= 11 is 1.89. The van der Waals surface area contributed by atoms with E-state index in [2.05, 4.69) is 50.7 Å². The van der Waals surface area contributed by atoms with Crippen molar-refractivity contribution in [1.82, 2.24) is 5.32 Å². The van der Waals surface area contributed by atoms with E-state index in [4.69, 9.17) is 0 Å². The molecule has 18 heavy (non-hydrogen) atoms. The summed E-state index contributed by atoms with van der Waals surface area (Å²) < 4.78 is 0. The third-order valence-electron chi connectivity index (χ3n) is 3.03. The lowest BCUT2D eigenvalue weighted by atomic mass is 10.1. The van der Waals surface area contributed by atoms with Crippen molar-refractivity contribution in [2.75, 3.05) is 12.3 Å². The zero-order valence-electron chi connectivity index (χ0n) is 11.7. The van der Waals surface area contributed by atoms with Gasteiger partial charge in [-0.2, -0.15) is 0 Å². The molecule has 1 N–H and O–H groups in total. The van der Waals surface area contributed by atoms with E-state index < -0.39 is 0 Å². The maximum absolute atomic E-state index is 4.04. The van der Waals surface area contributed by atoms with E-state index >= 15 is 0 Å². The number of allylic oxidation sites excluding steroid dienone is 4. The Kier molecular flexibility index (Phi) is 6.06. The van der Waals surface area contributed by atoms with Crippen LogP contribution in [0.2, 0.25) is 0 Å². The summed E-state index contributed by atoms with van der Waals surface area (Å²) in [5, 5.41) is 5.58. The van der Waals surface area contributed by atoms with Gasteiger partial charge in [-0.1, -0.05) is 36.5 Å². The standard InChI is InChI=1S/C16H23NS/c1-12(2)13(3)6-7-14(4)15(5)17-10-16-8-9-18-11-16/h6-7,11,17H,4-5,8-10H2,1-3H3/b7-6-. The van der Waals surface area contributed by atoms with Gasteiger partial charge in [0.1, 0.15) is 0 Å². The minimum absolute atomic E-state index is 0.889. The van der Waals surface area contributed by atoms with Gasteiger partial charge in [0.2, 0.25) is 0 Å². The molecule has 2 heteroatoms. The first-order valence-corrected chi connectivity index (χ1v) is 7.29. The van der Waals surface area contributed by atoms with Gasteiger partial charge in [0.25, 0.3) is 0 Å². The predicted molar refractivity (Wildman–Crippen MR) is 84.6 cm³/mol. The van der Waals surface area contributed by atoms with Gasteiger partial charge in [0, 0.05) is 18.0 Å². The predicted octanol–water partition coefficient (Wildman–Crippen LogP) is 4.58. The fourth-order valence-electron chi connectivity index (χ4n) is 1.38. The Hall–Kier alpha value is -1.15. The van der Waals surface area contributed by atoms with E-state index in [1.165, 1.54) is 28.9 Å². The minimum Gasteiger partial charge on any atom is -0.381 e. The Bertz CT molecular complexity index is 420. The number of hydrogen-bond acceptors (Lipinski definition) is 2.